The number of hydrogen-bond acceptors (Lipinski definition) is 7. The SMILES string of the molecule is N#Cc1cccc(CN2CCC3(CC2)OCc2c3c(=O)n(C[C@H](NCCCC(=O)O)c3ccccc3)c(=O)n2Cc2c(F)cccc2C(F)(F)F)c1. The predicted molar refractivity (Wildman–Crippen MR) is 182 cm³/mol. The third-order valence-corrected chi connectivity index (χ3v) is 9.87. The third-order valence-electron chi connectivity index (χ3n) is 9.87. The maximum atomic E-state index is 15.2. The van der Waals surface area contributed by atoms with Crippen LogP contribution < -0.4 is 16.6 Å². The topological polar surface area (TPSA) is 130 Å². The maximum Gasteiger partial charge on any atom is 0.416 e. The lowest BCUT2D eigenvalue weighted by atomic mass is 9.85. The Bertz CT molecular complexity index is 2100. The number of nitrogens with zero attached hydrogens (tertiary/aromatic N) is 4. The molecular weight excluding hydrogens is 682 g/mol. The number of aromatic nitrogens is 2. The highest BCUT2D eigenvalue weighted by molar-refractivity contribution is 5.66. The second-order valence-corrected chi connectivity index (χ2v) is 13.2. The van der Waals surface area contributed by atoms with Crippen molar-refractivity contribution >= 4 is 5.97 Å². The van der Waals surface area contributed by atoms with E-state index in [0.717, 1.165) is 32.9 Å². The molecule has 2 N–H and O–H groups in total. The minimum Gasteiger partial charge on any atom is -0.481 e. The molecule has 0 saturated carbocycles. The minimum atomic E-state index is -4.91. The van der Waals surface area contributed by atoms with E-state index in [9.17, 15) is 32.8 Å². The van der Waals surface area contributed by atoms with Gasteiger partial charge in [0.15, 0.2) is 0 Å². The van der Waals surface area contributed by atoms with Crippen LogP contribution in [-0.2, 0) is 47.5 Å². The molecule has 0 radical (unpaired) electrons. The molecule has 2 aliphatic heterocycles. The average Bonchev–Trinajstić information content (AvgIpc) is 3.49. The van der Waals surface area contributed by atoms with Gasteiger partial charge < -0.3 is 15.2 Å². The first-order chi connectivity index (χ1) is 24.9. The van der Waals surface area contributed by atoms with Gasteiger partial charge >= 0.3 is 17.8 Å². The van der Waals surface area contributed by atoms with E-state index in [1.54, 1.807) is 48.5 Å². The molecule has 1 aromatic heterocycles. The largest absolute Gasteiger partial charge is 0.481 e. The summed E-state index contributed by atoms with van der Waals surface area (Å²) >= 11 is 0. The summed E-state index contributed by atoms with van der Waals surface area (Å²) in [6, 6.07) is 20.2. The van der Waals surface area contributed by atoms with Gasteiger partial charge in [0, 0.05) is 31.6 Å². The molecular formula is C38H37F4N5O5. The highest BCUT2D eigenvalue weighted by Gasteiger charge is 2.47. The van der Waals surface area contributed by atoms with Crippen LogP contribution in [0.4, 0.5) is 17.6 Å². The number of aliphatic carboxylic acids is 1. The smallest absolute Gasteiger partial charge is 0.416 e. The van der Waals surface area contributed by atoms with E-state index in [1.165, 1.54) is 0 Å². The summed E-state index contributed by atoms with van der Waals surface area (Å²) in [6.07, 6.45) is -4.06. The fraction of sp³-hybridized carbons (Fsp3) is 0.368. The van der Waals surface area contributed by atoms with E-state index < -0.39 is 58.5 Å². The summed E-state index contributed by atoms with van der Waals surface area (Å²) in [7, 11) is 0. The zero-order valence-electron chi connectivity index (χ0n) is 28.2. The van der Waals surface area contributed by atoms with Gasteiger partial charge in [0.25, 0.3) is 5.56 Å². The molecule has 4 aromatic rings. The number of halogens is 4. The Morgan fingerprint density at radius 3 is 2.42 bits per heavy atom. The van der Waals surface area contributed by atoms with Gasteiger partial charge in [0.2, 0.25) is 0 Å². The standard InChI is InChI=1S/C38H37F4N5O5/c39-30-12-5-11-29(38(40,41)42)28(30)22-46-32-24-52-37(14-17-45(18-15-37)21-26-8-4-7-25(19-26)20-43)34(32)35(50)47(36(46)51)23-31(27-9-2-1-3-10-27)44-16-6-13-33(48)49/h1-5,7-12,19,31,44H,6,13-18,21-24H2,(H,48,49)/t31-/m0/s1. The lowest BCUT2D eigenvalue weighted by molar-refractivity contribution is -0.138. The molecule has 1 fully saturated rings. The third kappa shape index (κ3) is 7.72. The highest BCUT2D eigenvalue weighted by atomic mass is 19.4. The van der Waals surface area contributed by atoms with Gasteiger partial charge in [0.05, 0.1) is 54.2 Å². The number of hydrogen-bond donors (Lipinski definition) is 2. The molecule has 1 atom stereocenters. The van der Waals surface area contributed by atoms with E-state index in [2.05, 4.69) is 16.3 Å². The Balaban J connectivity index is 1.41. The van der Waals surface area contributed by atoms with Crippen LogP contribution in [0.2, 0.25) is 0 Å². The van der Waals surface area contributed by atoms with Crippen molar-refractivity contribution in [3.05, 3.63) is 139 Å². The summed E-state index contributed by atoms with van der Waals surface area (Å²) in [5.41, 5.74) is -2.20. The maximum absolute atomic E-state index is 15.2. The molecule has 1 saturated heterocycles. The second-order valence-electron chi connectivity index (χ2n) is 13.2. The molecule has 1 spiro atoms. The molecule has 0 aliphatic carbocycles. The Labute approximate surface area is 296 Å². The summed E-state index contributed by atoms with van der Waals surface area (Å²) in [6.45, 7) is 0.507. The monoisotopic (exact) mass is 719 g/mol. The number of carbonyl (C=O) groups is 1. The first-order valence-electron chi connectivity index (χ1n) is 17.0. The molecule has 0 amide bonds. The highest BCUT2D eigenvalue weighted by Crippen LogP contribution is 2.43. The number of likely N-dealkylation sites (tertiary alicyclic amines) is 1. The summed E-state index contributed by atoms with van der Waals surface area (Å²) in [5, 5.41) is 21.7. The van der Waals surface area contributed by atoms with Gasteiger partial charge in [-0.15, -0.1) is 0 Å². The van der Waals surface area contributed by atoms with Crippen molar-refractivity contribution in [2.75, 3.05) is 19.6 Å². The number of nitrogens with one attached hydrogen (secondary N) is 1. The van der Waals surface area contributed by atoms with Crippen molar-refractivity contribution in [1.82, 2.24) is 19.4 Å². The molecule has 3 aromatic carbocycles. The van der Waals surface area contributed by atoms with Crippen LogP contribution in [0.1, 0.15) is 70.8 Å². The lowest BCUT2D eigenvalue weighted by Crippen LogP contribution is -2.50. The molecule has 272 valence electrons. The number of benzene rings is 3. The van der Waals surface area contributed by atoms with Crippen molar-refractivity contribution in [2.45, 2.75) is 69.7 Å². The van der Waals surface area contributed by atoms with Gasteiger partial charge in [-0.1, -0.05) is 48.5 Å². The van der Waals surface area contributed by atoms with Crippen LogP contribution in [0, 0.1) is 17.1 Å². The Kier molecular flexibility index (Phi) is 10.8. The molecule has 3 heterocycles. The molecule has 6 rings (SSSR count). The Morgan fingerprint density at radius 1 is 1.00 bits per heavy atom. The van der Waals surface area contributed by atoms with Crippen molar-refractivity contribution < 1.29 is 32.2 Å². The first kappa shape index (κ1) is 36.7. The fourth-order valence-electron chi connectivity index (χ4n) is 7.23. The zero-order valence-corrected chi connectivity index (χ0v) is 28.2. The van der Waals surface area contributed by atoms with E-state index in [-0.39, 0.29) is 43.8 Å². The average molecular weight is 720 g/mol. The van der Waals surface area contributed by atoms with Crippen LogP contribution in [0.15, 0.2) is 82.4 Å². The van der Waals surface area contributed by atoms with Crippen molar-refractivity contribution in [3.63, 3.8) is 0 Å². The number of nitriles is 1. The van der Waals surface area contributed by atoms with Gasteiger partial charge in [-0.05, 0) is 61.2 Å². The first-order valence-corrected chi connectivity index (χ1v) is 17.0. The zero-order chi connectivity index (χ0) is 37.0. The van der Waals surface area contributed by atoms with Gasteiger partial charge in [-0.2, -0.15) is 18.4 Å². The van der Waals surface area contributed by atoms with Crippen molar-refractivity contribution in [2.24, 2.45) is 0 Å². The van der Waals surface area contributed by atoms with Crippen LogP contribution in [0.3, 0.4) is 0 Å². The van der Waals surface area contributed by atoms with Crippen molar-refractivity contribution in [1.29, 1.82) is 5.26 Å². The molecule has 2 aliphatic rings. The summed E-state index contributed by atoms with van der Waals surface area (Å²) < 4.78 is 66.0. The van der Waals surface area contributed by atoms with Gasteiger partial charge in [-0.3, -0.25) is 23.6 Å². The van der Waals surface area contributed by atoms with E-state index in [0.29, 0.717) is 43.6 Å². The molecule has 52 heavy (non-hydrogen) atoms. The number of fused-ring (bicyclic) bond motifs is 2. The van der Waals surface area contributed by atoms with E-state index in [1.807, 2.05) is 6.07 Å². The number of ether oxygens (including phenoxy) is 1. The summed E-state index contributed by atoms with van der Waals surface area (Å²) in [5.74, 6) is -2.12. The minimum absolute atomic E-state index is 0.106. The quantitative estimate of drug-likeness (QED) is 0.149. The van der Waals surface area contributed by atoms with Crippen LogP contribution in [0.5, 0.6) is 0 Å². The molecule has 10 nitrogen and oxygen atoms in total. The Hall–Kier alpha value is -5.10. The van der Waals surface area contributed by atoms with Crippen LogP contribution in [-0.4, -0.2) is 44.7 Å². The Morgan fingerprint density at radius 2 is 1.73 bits per heavy atom. The number of alkyl halides is 3. The molecule has 0 unspecified atom stereocenters. The normalized spacial score (nSPS) is 16.1. The second kappa shape index (κ2) is 15.2. The van der Waals surface area contributed by atoms with Crippen LogP contribution >= 0.6 is 0 Å². The van der Waals surface area contributed by atoms with E-state index in [4.69, 9.17) is 9.84 Å². The fourth-order valence-corrected chi connectivity index (χ4v) is 7.23. The predicted octanol–water partition coefficient (Wildman–Crippen LogP) is 5.31. The molecule has 0 bridgehead atoms. The van der Waals surface area contributed by atoms with E-state index >= 15 is 4.39 Å². The lowest BCUT2D eigenvalue weighted by Gasteiger charge is -2.39. The van der Waals surface area contributed by atoms with Gasteiger partial charge in [-0.25, -0.2) is 9.18 Å². The number of rotatable bonds is 12. The number of carboxylic acids is 1. The van der Waals surface area contributed by atoms with Crippen molar-refractivity contribution in [3.8, 4) is 6.07 Å². The summed E-state index contributed by atoms with van der Waals surface area (Å²) in [4.78, 5) is 42.2. The number of piperidine rings is 1. The van der Waals surface area contributed by atoms with Gasteiger partial charge in [0.1, 0.15) is 11.4 Å². The molecule has 14 heteroatoms. The number of carboxylic acid groups (broad SMARTS) is 1. The van der Waals surface area contributed by atoms with Crippen LogP contribution in [0.25, 0.3) is 0 Å².